The molecule has 2 unspecified atom stereocenters. The number of fused-ring (bicyclic) bond motifs is 1. The lowest BCUT2D eigenvalue weighted by Crippen LogP contribution is -2.16. The molecule has 1 heterocycles. The molecule has 2 nitrogen and oxygen atoms in total. The van der Waals surface area contributed by atoms with Crippen LogP contribution in [0.4, 0.5) is 13.2 Å². The number of likely N-dealkylation sites (tertiary alicyclic amines) is 1. The molecule has 1 aliphatic carbocycles. The highest BCUT2D eigenvalue weighted by molar-refractivity contribution is 5.96. The highest BCUT2D eigenvalue weighted by atomic mass is 19.4. The van der Waals surface area contributed by atoms with E-state index in [1.165, 1.54) is 18.6 Å². The number of hydrogen-bond acceptors (Lipinski definition) is 1. The Balaban J connectivity index is 1.72. The van der Waals surface area contributed by atoms with Gasteiger partial charge in [0, 0.05) is 5.56 Å². The van der Waals surface area contributed by atoms with Crippen LogP contribution in [0.5, 0.6) is 0 Å². The lowest BCUT2D eigenvalue weighted by Gasteiger charge is -2.09. The largest absolute Gasteiger partial charge is 0.416 e. The molecule has 1 aliphatic heterocycles. The molecular formula is C15H16F3NO. The number of alkyl halides is 3. The Hall–Kier alpha value is -1.52. The van der Waals surface area contributed by atoms with Gasteiger partial charge in [0.05, 0.1) is 17.6 Å². The normalized spacial score (nSPS) is 25.9. The van der Waals surface area contributed by atoms with Crippen LogP contribution in [0.1, 0.15) is 48.0 Å². The molecule has 3 rings (SSSR count). The number of carbonyl (C=O) groups excluding carboxylic acids is 1. The highest BCUT2D eigenvalue weighted by Gasteiger charge is 2.50. The first-order chi connectivity index (χ1) is 9.48. The van der Waals surface area contributed by atoms with E-state index < -0.39 is 11.7 Å². The summed E-state index contributed by atoms with van der Waals surface area (Å²) in [6.07, 6.45) is 1.19. The van der Waals surface area contributed by atoms with E-state index in [2.05, 4.69) is 0 Å². The third-order valence-corrected chi connectivity index (χ3v) is 4.26. The number of benzene rings is 1. The smallest absolute Gasteiger partial charge is 0.329 e. The first-order valence-electron chi connectivity index (χ1n) is 6.98. The summed E-state index contributed by atoms with van der Waals surface area (Å²) in [6, 6.07) is 5.14. The zero-order valence-electron chi connectivity index (χ0n) is 11.0. The minimum atomic E-state index is -4.35. The standard InChI is InChI=1S/C15H16F3NO/c16-15(17,18)11-8-6-10(7-9-11)14(20)19-12-4-2-1-3-5-13(12)19/h6-9,12-13H,1-5H2. The van der Waals surface area contributed by atoms with Gasteiger partial charge in [-0.3, -0.25) is 4.79 Å². The van der Waals surface area contributed by atoms with Gasteiger partial charge in [-0.1, -0.05) is 19.3 Å². The summed E-state index contributed by atoms with van der Waals surface area (Å²) in [5, 5.41) is 0. The molecule has 5 heteroatoms. The number of halogens is 3. The van der Waals surface area contributed by atoms with Gasteiger partial charge in [-0.05, 0) is 37.1 Å². The summed E-state index contributed by atoms with van der Waals surface area (Å²) in [5.41, 5.74) is -0.361. The van der Waals surface area contributed by atoms with Gasteiger partial charge in [-0.2, -0.15) is 13.2 Å². The van der Waals surface area contributed by atoms with Crippen LogP contribution in [0.3, 0.4) is 0 Å². The van der Waals surface area contributed by atoms with Crippen molar-refractivity contribution < 1.29 is 18.0 Å². The fourth-order valence-electron chi connectivity index (χ4n) is 3.13. The van der Waals surface area contributed by atoms with Gasteiger partial charge in [-0.25, -0.2) is 0 Å². The minimum absolute atomic E-state index is 0.129. The number of hydrogen-bond donors (Lipinski definition) is 0. The molecule has 2 atom stereocenters. The van der Waals surface area contributed by atoms with Crippen molar-refractivity contribution in [3.8, 4) is 0 Å². The maximum atomic E-state index is 12.5. The topological polar surface area (TPSA) is 20.1 Å². The van der Waals surface area contributed by atoms with Crippen LogP contribution in [0, 0.1) is 0 Å². The number of nitrogens with zero attached hydrogens (tertiary/aromatic N) is 1. The van der Waals surface area contributed by atoms with E-state index in [0.29, 0.717) is 17.6 Å². The van der Waals surface area contributed by atoms with Crippen LogP contribution < -0.4 is 0 Å². The molecule has 0 radical (unpaired) electrons. The number of carbonyl (C=O) groups is 1. The number of amides is 1. The van der Waals surface area contributed by atoms with Crippen LogP contribution in [0.15, 0.2) is 24.3 Å². The van der Waals surface area contributed by atoms with Crippen LogP contribution >= 0.6 is 0 Å². The molecule has 1 aromatic carbocycles. The molecular weight excluding hydrogens is 267 g/mol. The third-order valence-electron chi connectivity index (χ3n) is 4.26. The zero-order chi connectivity index (χ0) is 14.3. The Kier molecular flexibility index (Phi) is 3.22. The van der Waals surface area contributed by atoms with E-state index >= 15 is 0 Å². The third kappa shape index (κ3) is 2.41. The predicted octanol–water partition coefficient (Wildman–Crippen LogP) is 3.86. The van der Waals surface area contributed by atoms with Gasteiger partial charge in [0.1, 0.15) is 0 Å². The first-order valence-corrected chi connectivity index (χ1v) is 6.98. The molecule has 0 aromatic heterocycles. The van der Waals surface area contributed by atoms with E-state index in [1.54, 1.807) is 0 Å². The second-order valence-corrected chi connectivity index (χ2v) is 5.56. The van der Waals surface area contributed by atoms with Gasteiger partial charge in [-0.15, -0.1) is 0 Å². The average molecular weight is 283 g/mol. The highest BCUT2D eigenvalue weighted by Crippen LogP contribution is 2.40. The molecule has 1 saturated carbocycles. The molecule has 0 spiro atoms. The summed E-state index contributed by atoms with van der Waals surface area (Å²) < 4.78 is 37.4. The number of rotatable bonds is 1. The molecule has 1 saturated heterocycles. The maximum Gasteiger partial charge on any atom is 0.416 e. The Morgan fingerprint density at radius 1 is 1.00 bits per heavy atom. The summed E-state index contributed by atoms with van der Waals surface area (Å²) in [4.78, 5) is 14.1. The van der Waals surface area contributed by atoms with Crippen LogP contribution in [0.2, 0.25) is 0 Å². The van der Waals surface area contributed by atoms with E-state index in [0.717, 1.165) is 37.8 Å². The maximum absolute atomic E-state index is 12.5. The van der Waals surface area contributed by atoms with Crippen LogP contribution in [0.25, 0.3) is 0 Å². The molecule has 1 amide bonds. The zero-order valence-corrected chi connectivity index (χ0v) is 11.0. The summed E-state index contributed by atoms with van der Waals surface area (Å²) in [5.74, 6) is -0.129. The molecule has 2 aliphatic rings. The second-order valence-electron chi connectivity index (χ2n) is 5.56. The molecule has 108 valence electrons. The van der Waals surface area contributed by atoms with Gasteiger partial charge in [0.2, 0.25) is 0 Å². The fraction of sp³-hybridized carbons (Fsp3) is 0.533. The summed E-state index contributed by atoms with van der Waals surface area (Å²) in [6.45, 7) is 0. The Morgan fingerprint density at radius 3 is 2.05 bits per heavy atom. The quantitative estimate of drug-likeness (QED) is 0.716. The lowest BCUT2D eigenvalue weighted by molar-refractivity contribution is -0.137. The van der Waals surface area contributed by atoms with Crippen molar-refractivity contribution in [2.45, 2.75) is 50.4 Å². The monoisotopic (exact) mass is 283 g/mol. The van der Waals surface area contributed by atoms with Crippen molar-refractivity contribution in [1.29, 1.82) is 0 Å². The van der Waals surface area contributed by atoms with Gasteiger partial charge >= 0.3 is 6.18 Å². The minimum Gasteiger partial charge on any atom is -0.329 e. The SMILES string of the molecule is O=C(c1ccc(C(F)(F)F)cc1)N1C2CCCCCC21. The Bertz CT molecular complexity index is 497. The van der Waals surface area contributed by atoms with Crippen molar-refractivity contribution in [1.82, 2.24) is 4.90 Å². The average Bonchev–Trinajstić information content (AvgIpc) is 3.12. The molecule has 20 heavy (non-hydrogen) atoms. The molecule has 1 aromatic rings. The predicted molar refractivity (Wildman–Crippen MR) is 68.3 cm³/mol. The van der Waals surface area contributed by atoms with E-state index in [4.69, 9.17) is 0 Å². The van der Waals surface area contributed by atoms with Crippen molar-refractivity contribution in [2.24, 2.45) is 0 Å². The van der Waals surface area contributed by atoms with Crippen LogP contribution in [-0.4, -0.2) is 22.9 Å². The van der Waals surface area contributed by atoms with Crippen molar-refractivity contribution in [3.05, 3.63) is 35.4 Å². The van der Waals surface area contributed by atoms with Crippen LogP contribution in [-0.2, 0) is 6.18 Å². The van der Waals surface area contributed by atoms with Gasteiger partial charge < -0.3 is 4.90 Å². The molecule has 0 N–H and O–H groups in total. The van der Waals surface area contributed by atoms with Crippen molar-refractivity contribution >= 4 is 5.91 Å². The van der Waals surface area contributed by atoms with E-state index in [-0.39, 0.29) is 5.91 Å². The van der Waals surface area contributed by atoms with Crippen molar-refractivity contribution in [2.75, 3.05) is 0 Å². The Morgan fingerprint density at radius 2 is 1.55 bits per heavy atom. The van der Waals surface area contributed by atoms with E-state index in [9.17, 15) is 18.0 Å². The van der Waals surface area contributed by atoms with E-state index in [1.807, 2.05) is 4.90 Å². The first kappa shape index (κ1) is 13.5. The second kappa shape index (κ2) is 4.79. The summed E-state index contributed by atoms with van der Waals surface area (Å²) >= 11 is 0. The molecule has 0 bridgehead atoms. The van der Waals surface area contributed by atoms with Crippen molar-refractivity contribution in [3.63, 3.8) is 0 Å². The fourth-order valence-corrected chi connectivity index (χ4v) is 3.13. The van der Waals surface area contributed by atoms with Gasteiger partial charge in [0.15, 0.2) is 0 Å². The summed E-state index contributed by atoms with van der Waals surface area (Å²) in [7, 11) is 0. The molecule has 2 fully saturated rings. The van der Waals surface area contributed by atoms with Gasteiger partial charge in [0.25, 0.3) is 5.91 Å². The lowest BCUT2D eigenvalue weighted by atomic mass is 10.1. The Labute approximate surface area is 115 Å².